The molecule has 2 N–H and O–H groups in total. The van der Waals surface area contributed by atoms with Crippen LogP contribution in [0.2, 0.25) is 0 Å². The standard InChI is InChI=1S/C10H13N3O3/c1-6-2-8(13(14)15)5-12-10(6)16-9-3-7(11)4-9/h2,5,7,9H,3-4,11H2,1H3. The number of hydrogen-bond acceptors (Lipinski definition) is 5. The highest BCUT2D eigenvalue weighted by Gasteiger charge is 2.28. The Morgan fingerprint density at radius 2 is 2.31 bits per heavy atom. The van der Waals surface area contributed by atoms with Gasteiger partial charge in [-0.2, -0.15) is 0 Å². The fourth-order valence-corrected chi connectivity index (χ4v) is 1.63. The van der Waals surface area contributed by atoms with E-state index in [1.807, 2.05) is 0 Å². The van der Waals surface area contributed by atoms with Crippen molar-refractivity contribution >= 4 is 5.69 Å². The number of nitrogens with zero attached hydrogens (tertiary/aromatic N) is 2. The SMILES string of the molecule is Cc1cc([N+](=O)[O-])cnc1OC1CC(N)C1. The van der Waals surface area contributed by atoms with Crippen LogP contribution in [0.4, 0.5) is 5.69 Å². The van der Waals surface area contributed by atoms with Crippen LogP contribution in [-0.2, 0) is 0 Å². The first-order valence-electron chi connectivity index (χ1n) is 5.09. The van der Waals surface area contributed by atoms with Crippen molar-refractivity contribution in [1.29, 1.82) is 0 Å². The van der Waals surface area contributed by atoms with E-state index in [1.165, 1.54) is 12.3 Å². The maximum Gasteiger partial charge on any atom is 0.288 e. The normalized spacial score (nSPS) is 23.6. The average molecular weight is 223 g/mol. The molecule has 6 nitrogen and oxygen atoms in total. The van der Waals surface area contributed by atoms with Gasteiger partial charge < -0.3 is 10.5 Å². The highest BCUT2D eigenvalue weighted by Crippen LogP contribution is 2.26. The molecule has 1 aromatic rings. The summed E-state index contributed by atoms with van der Waals surface area (Å²) >= 11 is 0. The van der Waals surface area contributed by atoms with E-state index in [-0.39, 0.29) is 17.8 Å². The summed E-state index contributed by atoms with van der Waals surface area (Å²) in [4.78, 5) is 14.0. The van der Waals surface area contributed by atoms with Crippen molar-refractivity contribution in [3.63, 3.8) is 0 Å². The highest BCUT2D eigenvalue weighted by molar-refractivity contribution is 5.36. The van der Waals surface area contributed by atoms with Crippen LogP contribution in [0.3, 0.4) is 0 Å². The van der Waals surface area contributed by atoms with Gasteiger partial charge in [-0.05, 0) is 19.8 Å². The number of hydrogen-bond donors (Lipinski definition) is 1. The van der Waals surface area contributed by atoms with Crippen LogP contribution in [0.15, 0.2) is 12.3 Å². The molecule has 0 radical (unpaired) electrons. The van der Waals surface area contributed by atoms with Crippen molar-refractivity contribution in [3.05, 3.63) is 27.9 Å². The number of aryl methyl sites for hydroxylation is 1. The largest absolute Gasteiger partial charge is 0.474 e. The Kier molecular flexibility index (Phi) is 2.74. The third-order valence-corrected chi connectivity index (χ3v) is 2.64. The van der Waals surface area contributed by atoms with Crippen molar-refractivity contribution in [2.75, 3.05) is 0 Å². The Morgan fingerprint density at radius 3 is 2.81 bits per heavy atom. The van der Waals surface area contributed by atoms with E-state index in [1.54, 1.807) is 6.92 Å². The summed E-state index contributed by atoms with van der Waals surface area (Å²) in [7, 11) is 0. The van der Waals surface area contributed by atoms with E-state index < -0.39 is 4.92 Å². The molecule has 0 saturated heterocycles. The predicted molar refractivity (Wildman–Crippen MR) is 57.3 cm³/mol. The molecule has 1 aromatic heterocycles. The van der Waals surface area contributed by atoms with E-state index in [2.05, 4.69) is 4.98 Å². The van der Waals surface area contributed by atoms with Crippen LogP contribution in [-0.4, -0.2) is 22.1 Å². The molecule has 1 saturated carbocycles. The second-order valence-corrected chi connectivity index (χ2v) is 4.04. The molecule has 1 aliphatic carbocycles. The minimum absolute atomic E-state index is 0.0184. The molecule has 0 spiro atoms. The summed E-state index contributed by atoms with van der Waals surface area (Å²) in [5, 5.41) is 10.5. The number of ether oxygens (including phenoxy) is 1. The number of nitrogens with two attached hydrogens (primary N) is 1. The Morgan fingerprint density at radius 1 is 1.62 bits per heavy atom. The van der Waals surface area contributed by atoms with Gasteiger partial charge in [-0.3, -0.25) is 10.1 Å². The Hall–Kier alpha value is -1.69. The maximum absolute atomic E-state index is 10.5. The van der Waals surface area contributed by atoms with Crippen LogP contribution in [0.25, 0.3) is 0 Å². The van der Waals surface area contributed by atoms with Crippen molar-refractivity contribution in [1.82, 2.24) is 4.98 Å². The quantitative estimate of drug-likeness (QED) is 0.613. The lowest BCUT2D eigenvalue weighted by atomic mass is 9.90. The molecule has 0 atom stereocenters. The van der Waals surface area contributed by atoms with Crippen molar-refractivity contribution in [2.45, 2.75) is 31.9 Å². The Balaban J connectivity index is 2.07. The lowest BCUT2D eigenvalue weighted by Crippen LogP contribution is -2.43. The molecule has 0 unspecified atom stereocenters. The Bertz CT molecular complexity index is 416. The van der Waals surface area contributed by atoms with Gasteiger partial charge in [0.25, 0.3) is 5.69 Å². The fraction of sp³-hybridized carbons (Fsp3) is 0.500. The summed E-state index contributed by atoms with van der Waals surface area (Å²) in [6, 6.07) is 1.67. The lowest BCUT2D eigenvalue weighted by Gasteiger charge is -2.32. The number of aromatic nitrogens is 1. The number of pyridine rings is 1. The summed E-state index contributed by atoms with van der Waals surface area (Å²) in [6.45, 7) is 1.74. The van der Waals surface area contributed by atoms with Crippen LogP contribution >= 0.6 is 0 Å². The van der Waals surface area contributed by atoms with E-state index >= 15 is 0 Å². The molecule has 6 heteroatoms. The van der Waals surface area contributed by atoms with Gasteiger partial charge in [0.2, 0.25) is 5.88 Å². The smallest absolute Gasteiger partial charge is 0.288 e. The summed E-state index contributed by atoms with van der Waals surface area (Å²) < 4.78 is 5.57. The minimum atomic E-state index is -0.469. The first-order valence-corrected chi connectivity index (χ1v) is 5.09. The van der Waals surface area contributed by atoms with E-state index in [0.29, 0.717) is 11.4 Å². The molecular weight excluding hydrogens is 210 g/mol. The van der Waals surface area contributed by atoms with Crippen molar-refractivity contribution in [2.24, 2.45) is 5.73 Å². The van der Waals surface area contributed by atoms with Gasteiger partial charge >= 0.3 is 0 Å². The second kappa shape index (κ2) is 4.05. The summed E-state index contributed by atoms with van der Waals surface area (Å²) in [5.74, 6) is 0.461. The zero-order valence-electron chi connectivity index (χ0n) is 8.92. The maximum atomic E-state index is 10.5. The zero-order valence-corrected chi connectivity index (χ0v) is 8.92. The van der Waals surface area contributed by atoms with E-state index in [9.17, 15) is 10.1 Å². The molecule has 0 aromatic carbocycles. The average Bonchev–Trinajstić information content (AvgIpc) is 2.18. The highest BCUT2D eigenvalue weighted by atomic mass is 16.6. The molecule has 86 valence electrons. The molecule has 2 rings (SSSR count). The Labute approximate surface area is 92.6 Å². The van der Waals surface area contributed by atoms with Crippen LogP contribution in [0, 0.1) is 17.0 Å². The topological polar surface area (TPSA) is 91.3 Å². The first-order chi connectivity index (χ1) is 7.56. The molecule has 0 amide bonds. The molecule has 0 aliphatic heterocycles. The van der Waals surface area contributed by atoms with Crippen molar-refractivity contribution < 1.29 is 9.66 Å². The zero-order chi connectivity index (χ0) is 11.7. The van der Waals surface area contributed by atoms with Gasteiger partial charge in [-0.25, -0.2) is 4.98 Å². The van der Waals surface area contributed by atoms with E-state index in [0.717, 1.165) is 12.8 Å². The third-order valence-electron chi connectivity index (χ3n) is 2.64. The molecule has 1 aliphatic rings. The van der Waals surface area contributed by atoms with Gasteiger partial charge in [0.05, 0.1) is 4.92 Å². The van der Waals surface area contributed by atoms with Gasteiger partial charge in [0, 0.05) is 17.7 Å². The third kappa shape index (κ3) is 2.11. The molecule has 0 bridgehead atoms. The van der Waals surface area contributed by atoms with E-state index in [4.69, 9.17) is 10.5 Å². The minimum Gasteiger partial charge on any atom is -0.474 e. The lowest BCUT2D eigenvalue weighted by molar-refractivity contribution is -0.385. The fourth-order valence-electron chi connectivity index (χ4n) is 1.63. The van der Waals surface area contributed by atoms with Crippen LogP contribution in [0.1, 0.15) is 18.4 Å². The molecule has 1 heterocycles. The summed E-state index contributed by atoms with van der Waals surface area (Å²) in [6.07, 6.45) is 2.94. The monoisotopic (exact) mass is 223 g/mol. The second-order valence-electron chi connectivity index (χ2n) is 4.04. The van der Waals surface area contributed by atoms with Gasteiger partial charge in [0.1, 0.15) is 12.3 Å². The molecule has 16 heavy (non-hydrogen) atoms. The van der Waals surface area contributed by atoms with Crippen LogP contribution in [0.5, 0.6) is 5.88 Å². The predicted octanol–water partition coefficient (Wildman–Crippen LogP) is 1.17. The first kappa shape index (κ1) is 10.8. The van der Waals surface area contributed by atoms with Crippen LogP contribution < -0.4 is 10.5 Å². The van der Waals surface area contributed by atoms with Crippen molar-refractivity contribution in [3.8, 4) is 5.88 Å². The number of nitro groups is 1. The summed E-state index contributed by atoms with van der Waals surface area (Å²) in [5.41, 5.74) is 6.29. The number of rotatable bonds is 3. The molecule has 1 fully saturated rings. The van der Waals surface area contributed by atoms with Gasteiger partial charge in [-0.1, -0.05) is 0 Å². The van der Waals surface area contributed by atoms with Gasteiger partial charge in [0.15, 0.2) is 0 Å². The van der Waals surface area contributed by atoms with Gasteiger partial charge in [-0.15, -0.1) is 0 Å². The molecular formula is C10H13N3O3.